The van der Waals surface area contributed by atoms with Crippen molar-refractivity contribution in [3.05, 3.63) is 24.3 Å². The lowest BCUT2D eigenvalue weighted by Crippen LogP contribution is -2.63. The van der Waals surface area contributed by atoms with Crippen molar-refractivity contribution < 1.29 is 24.2 Å². The van der Waals surface area contributed by atoms with Crippen LogP contribution in [-0.2, 0) is 9.59 Å². The number of carbonyl (C=O) groups is 3. The molecule has 4 N–H and O–H groups in total. The Bertz CT molecular complexity index is 897. The van der Waals surface area contributed by atoms with E-state index < -0.39 is 11.7 Å². The quantitative estimate of drug-likeness (QED) is 0.598. The van der Waals surface area contributed by atoms with Crippen LogP contribution in [0.4, 0.5) is 10.5 Å². The molecule has 4 saturated carbocycles. The van der Waals surface area contributed by atoms with E-state index in [1.54, 1.807) is 45.0 Å². The summed E-state index contributed by atoms with van der Waals surface area (Å²) in [4.78, 5) is 37.8. The van der Waals surface area contributed by atoms with E-state index in [0.29, 0.717) is 23.9 Å². The average molecular weight is 444 g/mol. The van der Waals surface area contributed by atoms with Gasteiger partial charge >= 0.3 is 6.09 Å². The summed E-state index contributed by atoms with van der Waals surface area (Å²) in [5.74, 6) is 1.22. The first-order valence-corrected chi connectivity index (χ1v) is 11.4. The van der Waals surface area contributed by atoms with E-state index in [1.807, 2.05) is 0 Å². The van der Waals surface area contributed by atoms with E-state index in [4.69, 9.17) is 10.5 Å². The summed E-state index contributed by atoms with van der Waals surface area (Å²) in [5, 5.41) is 12.5. The number of hydrogen-bond acceptors (Lipinski definition) is 4. The molecule has 0 aliphatic heterocycles. The molecule has 5 rings (SSSR count). The third-order valence-corrected chi connectivity index (χ3v) is 7.71. The molecule has 8 heteroatoms. The Labute approximate surface area is 188 Å². The van der Waals surface area contributed by atoms with Gasteiger partial charge in [-0.2, -0.15) is 0 Å². The molecular weight excluding hydrogens is 410 g/mol. The van der Waals surface area contributed by atoms with Crippen LogP contribution in [0.3, 0.4) is 0 Å². The minimum Gasteiger partial charge on any atom is -0.478 e. The normalized spacial score (nSPS) is 30.6. The Balaban J connectivity index is 1.41. The molecule has 3 amide bonds. The number of hydrogen-bond donors (Lipinski definition) is 3. The third-order valence-electron chi connectivity index (χ3n) is 7.71. The molecule has 174 valence electrons. The zero-order valence-electron chi connectivity index (χ0n) is 19.0. The number of amides is 3. The number of benzene rings is 1. The standard InChI is InChI=1S/C24H33N3O5/c1-4-27(22(30)31)17-5-7-18(8-6-17)32-23(2,3)21(29)26-19-15-9-14-10-16(19)13-24(11-14,12-15)20(25)28/h5-8,14-16,19H,4,9-13H2,1-3H3,(H2,25,28)(H,26,29)(H,30,31). The molecule has 0 heterocycles. The molecule has 32 heavy (non-hydrogen) atoms. The molecular formula is C24H33N3O5. The van der Waals surface area contributed by atoms with Crippen molar-refractivity contribution in [1.29, 1.82) is 0 Å². The smallest absolute Gasteiger partial charge is 0.411 e. The van der Waals surface area contributed by atoms with E-state index >= 15 is 0 Å². The van der Waals surface area contributed by atoms with Crippen molar-refractivity contribution in [2.45, 2.75) is 64.5 Å². The van der Waals surface area contributed by atoms with Gasteiger partial charge in [0.15, 0.2) is 5.60 Å². The first-order chi connectivity index (χ1) is 15.0. The van der Waals surface area contributed by atoms with Crippen molar-refractivity contribution in [1.82, 2.24) is 5.32 Å². The molecule has 4 bridgehead atoms. The van der Waals surface area contributed by atoms with Crippen molar-refractivity contribution in [3.63, 3.8) is 0 Å². The first-order valence-electron chi connectivity index (χ1n) is 11.4. The SMILES string of the molecule is CCN(C(=O)O)c1ccc(OC(C)(C)C(=O)NC2C3CC4CC2CC(C(N)=O)(C4)C3)cc1. The molecule has 1 aromatic carbocycles. The highest BCUT2D eigenvalue weighted by molar-refractivity contribution is 5.86. The van der Waals surface area contributed by atoms with Crippen LogP contribution in [-0.4, -0.2) is 41.2 Å². The highest BCUT2D eigenvalue weighted by Gasteiger charge is 2.58. The summed E-state index contributed by atoms with van der Waals surface area (Å²) >= 11 is 0. The highest BCUT2D eigenvalue weighted by atomic mass is 16.5. The number of ether oxygens (including phenoxy) is 1. The number of nitrogens with zero attached hydrogens (tertiary/aromatic N) is 1. The number of nitrogens with two attached hydrogens (primary N) is 1. The molecule has 4 aliphatic carbocycles. The minimum absolute atomic E-state index is 0.0467. The van der Waals surface area contributed by atoms with E-state index in [-0.39, 0.29) is 35.1 Å². The minimum atomic E-state index is -1.10. The molecule has 0 spiro atoms. The lowest BCUT2D eigenvalue weighted by atomic mass is 9.47. The fourth-order valence-electron chi connectivity index (χ4n) is 6.35. The van der Waals surface area contributed by atoms with Crippen LogP contribution in [0.2, 0.25) is 0 Å². The molecule has 2 atom stereocenters. The predicted molar refractivity (Wildman–Crippen MR) is 119 cm³/mol. The van der Waals surface area contributed by atoms with Gasteiger partial charge in [0.25, 0.3) is 5.91 Å². The van der Waals surface area contributed by atoms with E-state index in [1.165, 1.54) is 4.90 Å². The van der Waals surface area contributed by atoms with Gasteiger partial charge in [-0.25, -0.2) is 4.79 Å². The Morgan fingerprint density at radius 2 is 1.75 bits per heavy atom. The van der Waals surface area contributed by atoms with Gasteiger partial charge in [0.2, 0.25) is 5.91 Å². The van der Waals surface area contributed by atoms with E-state index in [2.05, 4.69) is 5.32 Å². The summed E-state index contributed by atoms with van der Waals surface area (Å²) in [6.07, 6.45) is 3.49. The maximum Gasteiger partial charge on any atom is 0.411 e. The number of rotatable bonds is 7. The molecule has 0 radical (unpaired) electrons. The van der Waals surface area contributed by atoms with Crippen LogP contribution in [0.1, 0.15) is 52.9 Å². The molecule has 0 aromatic heterocycles. The predicted octanol–water partition coefficient (Wildman–Crippen LogP) is 3.14. The van der Waals surface area contributed by atoms with E-state index in [9.17, 15) is 19.5 Å². The zero-order valence-corrected chi connectivity index (χ0v) is 19.0. The number of carboxylic acid groups (broad SMARTS) is 1. The Morgan fingerprint density at radius 3 is 2.25 bits per heavy atom. The van der Waals surface area contributed by atoms with Crippen LogP contribution < -0.4 is 20.7 Å². The fourth-order valence-corrected chi connectivity index (χ4v) is 6.35. The van der Waals surface area contributed by atoms with Crippen molar-refractivity contribution >= 4 is 23.6 Å². The van der Waals surface area contributed by atoms with Crippen LogP contribution in [0.5, 0.6) is 5.75 Å². The molecule has 4 fully saturated rings. The van der Waals surface area contributed by atoms with Crippen molar-refractivity contribution in [2.75, 3.05) is 11.4 Å². The molecule has 2 unspecified atom stereocenters. The molecule has 1 aromatic rings. The van der Waals surface area contributed by atoms with Crippen molar-refractivity contribution in [2.24, 2.45) is 28.9 Å². The maximum atomic E-state index is 13.2. The maximum absolute atomic E-state index is 13.2. The first kappa shape index (κ1) is 22.4. The number of anilines is 1. The van der Waals surface area contributed by atoms with Gasteiger partial charge in [-0.15, -0.1) is 0 Å². The van der Waals surface area contributed by atoms with Gasteiger partial charge in [0, 0.05) is 23.7 Å². The second kappa shape index (κ2) is 7.98. The molecule has 8 nitrogen and oxygen atoms in total. The van der Waals surface area contributed by atoms with Gasteiger partial charge in [-0.1, -0.05) is 0 Å². The second-order valence-electron chi connectivity index (χ2n) is 10.2. The lowest BCUT2D eigenvalue weighted by Gasteiger charge is -2.59. The number of primary amides is 1. The number of carbonyl (C=O) groups excluding carboxylic acids is 2. The second-order valence-corrected chi connectivity index (χ2v) is 10.2. The summed E-state index contributed by atoms with van der Waals surface area (Å²) in [6, 6.07) is 6.74. The Kier molecular flexibility index (Phi) is 5.59. The van der Waals surface area contributed by atoms with Gasteiger partial charge in [0.05, 0.1) is 0 Å². The highest BCUT2D eigenvalue weighted by Crippen LogP contribution is 2.59. The fraction of sp³-hybridized carbons (Fsp3) is 0.625. The summed E-state index contributed by atoms with van der Waals surface area (Å²) in [5.41, 5.74) is 4.83. The largest absolute Gasteiger partial charge is 0.478 e. The Morgan fingerprint density at radius 1 is 1.16 bits per heavy atom. The Hall–Kier alpha value is -2.77. The van der Waals surface area contributed by atoms with Gasteiger partial charge in [-0.05, 0) is 94.9 Å². The summed E-state index contributed by atoms with van der Waals surface area (Å²) < 4.78 is 5.99. The number of nitrogens with one attached hydrogen (secondary N) is 1. The van der Waals surface area contributed by atoms with E-state index in [0.717, 1.165) is 32.1 Å². The van der Waals surface area contributed by atoms with Gasteiger partial charge < -0.3 is 20.9 Å². The third kappa shape index (κ3) is 3.91. The monoisotopic (exact) mass is 443 g/mol. The molecule has 4 aliphatic rings. The van der Waals surface area contributed by atoms with Crippen LogP contribution in [0.15, 0.2) is 24.3 Å². The zero-order chi connectivity index (χ0) is 23.3. The summed E-state index contributed by atoms with van der Waals surface area (Å²) in [7, 11) is 0. The lowest BCUT2D eigenvalue weighted by molar-refractivity contribution is -0.150. The van der Waals surface area contributed by atoms with Crippen LogP contribution in [0, 0.1) is 23.2 Å². The topological polar surface area (TPSA) is 122 Å². The van der Waals surface area contributed by atoms with Gasteiger partial charge in [0.1, 0.15) is 5.75 Å². The van der Waals surface area contributed by atoms with Gasteiger partial charge in [-0.3, -0.25) is 14.5 Å². The summed E-state index contributed by atoms with van der Waals surface area (Å²) in [6.45, 7) is 5.56. The molecule has 0 saturated heterocycles. The van der Waals surface area contributed by atoms with Crippen LogP contribution in [0.25, 0.3) is 0 Å². The average Bonchev–Trinajstić information content (AvgIpc) is 2.71. The van der Waals surface area contributed by atoms with Crippen LogP contribution >= 0.6 is 0 Å². The van der Waals surface area contributed by atoms with Crippen molar-refractivity contribution in [3.8, 4) is 5.75 Å².